The summed E-state index contributed by atoms with van der Waals surface area (Å²) in [5.41, 5.74) is 0. The minimum Gasteiger partial charge on any atom is -0.316 e. The van der Waals surface area contributed by atoms with Gasteiger partial charge in [-0.3, -0.25) is 0 Å². The molecule has 1 N–H and O–H groups in total. The van der Waals surface area contributed by atoms with Crippen LogP contribution in [0, 0.1) is 17.8 Å². The topological polar surface area (TPSA) is 12.0 Å². The van der Waals surface area contributed by atoms with E-state index in [-0.39, 0.29) is 0 Å². The van der Waals surface area contributed by atoms with Crippen molar-refractivity contribution in [2.75, 3.05) is 13.1 Å². The van der Waals surface area contributed by atoms with E-state index in [2.05, 4.69) is 12.2 Å². The molecule has 2 fully saturated rings. The smallest absolute Gasteiger partial charge is 0.00199 e. The van der Waals surface area contributed by atoms with Crippen LogP contribution in [0.4, 0.5) is 0 Å². The second-order valence-corrected chi connectivity index (χ2v) is 5.12. The van der Waals surface area contributed by atoms with Crippen molar-refractivity contribution in [1.29, 1.82) is 0 Å². The molecule has 1 aliphatic carbocycles. The summed E-state index contributed by atoms with van der Waals surface area (Å²) in [4.78, 5) is 0. The largest absolute Gasteiger partial charge is 0.316 e. The van der Waals surface area contributed by atoms with Gasteiger partial charge in [0.2, 0.25) is 0 Å². The third kappa shape index (κ3) is 2.46. The molecule has 1 nitrogen and oxygen atoms in total. The van der Waals surface area contributed by atoms with Crippen LogP contribution in [0.1, 0.15) is 45.4 Å². The monoisotopic (exact) mass is 181 g/mol. The third-order valence-electron chi connectivity index (χ3n) is 4.07. The molecule has 2 unspecified atom stereocenters. The van der Waals surface area contributed by atoms with Crippen molar-refractivity contribution in [3.05, 3.63) is 0 Å². The van der Waals surface area contributed by atoms with Gasteiger partial charge in [-0.25, -0.2) is 0 Å². The molecule has 76 valence electrons. The molecule has 0 bridgehead atoms. The standard InChI is InChI=1S/C12H23N/c1-10(12-4-2-3-5-12)8-11-6-7-13-9-11/h10-13H,2-9H2,1H3. The van der Waals surface area contributed by atoms with Gasteiger partial charge in [0.05, 0.1) is 0 Å². The molecular weight excluding hydrogens is 158 g/mol. The molecule has 1 saturated heterocycles. The molecule has 0 aromatic rings. The molecular formula is C12H23N. The highest BCUT2D eigenvalue weighted by molar-refractivity contribution is 4.78. The lowest BCUT2D eigenvalue weighted by atomic mass is 9.84. The summed E-state index contributed by atoms with van der Waals surface area (Å²) in [6.07, 6.45) is 8.94. The van der Waals surface area contributed by atoms with E-state index in [4.69, 9.17) is 0 Å². The quantitative estimate of drug-likeness (QED) is 0.706. The minimum absolute atomic E-state index is 0.993. The van der Waals surface area contributed by atoms with Crippen molar-refractivity contribution < 1.29 is 0 Å². The van der Waals surface area contributed by atoms with Crippen LogP contribution < -0.4 is 5.32 Å². The summed E-state index contributed by atoms with van der Waals surface area (Å²) in [6.45, 7) is 5.04. The molecule has 1 aliphatic heterocycles. The van der Waals surface area contributed by atoms with Crippen molar-refractivity contribution in [2.45, 2.75) is 45.4 Å². The van der Waals surface area contributed by atoms with Crippen molar-refractivity contribution >= 4 is 0 Å². The molecule has 2 atom stereocenters. The van der Waals surface area contributed by atoms with Gasteiger partial charge in [-0.1, -0.05) is 32.6 Å². The van der Waals surface area contributed by atoms with Crippen LogP contribution in [0.5, 0.6) is 0 Å². The van der Waals surface area contributed by atoms with Crippen molar-refractivity contribution in [3.63, 3.8) is 0 Å². The van der Waals surface area contributed by atoms with Gasteiger partial charge >= 0.3 is 0 Å². The lowest BCUT2D eigenvalue weighted by molar-refractivity contribution is 0.299. The molecule has 2 aliphatic rings. The Balaban J connectivity index is 1.73. The SMILES string of the molecule is CC(CC1CCNC1)C1CCCC1. The Labute approximate surface area is 82.3 Å². The van der Waals surface area contributed by atoms with Crippen LogP contribution in [0.25, 0.3) is 0 Å². The number of hydrogen-bond donors (Lipinski definition) is 1. The highest BCUT2D eigenvalue weighted by Crippen LogP contribution is 2.35. The molecule has 1 heteroatoms. The predicted octanol–water partition coefficient (Wildman–Crippen LogP) is 2.81. The fourth-order valence-electron chi connectivity index (χ4n) is 3.16. The van der Waals surface area contributed by atoms with E-state index in [0.29, 0.717) is 0 Å². The zero-order valence-electron chi connectivity index (χ0n) is 8.89. The number of rotatable bonds is 3. The third-order valence-corrected chi connectivity index (χ3v) is 4.07. The van der Waals surface area contributed by atoms with E-state index in [1.807, 2.05) is 0 Å². The van der Waals surface area contributed by atoms with Crippen LogP contribution in [0.3, 0.4) is 0 Å². The maximum Gasteiger partial charge on any atom is -0.00199 e. The Kier molecular flexibility index (Phi) is 3.26. The van der Waals surface area contributed by atoms with Gasteiger partial charge < -0.3 is 5.32 Å². The van der Waals surface area contributed by atoms with E-state index >= 15 is 0 Å². The van der Waals surface area contributed by atoms with Gasteiger partial charge in [-0.05, 0) is 43.7 Å². The first kappa shape index (κ1) is 9.51. The molecule has 1 saturated carbocycles. The molecule has 13 heavy (non-hydrogen) atoms. The second-order valence-electron chi connectivity index (χ2n) is 5.12. The normalized spacial score (nSPS) is 32.5. The predicted molar refractivity (Wildman–Crippen MR) is 56.7 cm³/mol. The molecule has 2 rings (SSSR count). The lowest BCUT2D eigenvalue weighted by Crippen LogP contribution is -2.15. The summed E-state index contributed by atoms with van der Waals surface area (Å²) in [5.74, 6) is 3.06. The summed E-state index contributed by atoms with van der Waals surface area (Å²) < 4.78 is 0. The highest BCUT2D eigenvalue weighted by atomic mass is 14.9. The van der Waals surface area contributed by atoms with E-state index in [9.17, 15) is 0 Å². The molecule has 0 aromatic heterocycles. The van der Waals surface area contributed by atoms with E-state index in [1.54, 1.807) is 0 Å². The van der Waals surface area contributed by atoms with Gasteiger partial charge in [0.15, 0.2) is 0 Å². The number of hydrogen-bond acceptors (Lipinski definition) is 1. The van der Waals surface area contributed by atoms with Crippen molar-refractivity contribution in [2.24, 2.45) is 17.8 Å². The maximum absolute atomic E-state index is 3.47. The fraction of sp³-hybridized carbons (Fsp3) is 1.00. The number of nitrogens with one attached hydrogen (secondary N) is 1. The van der Waals surface area contributed by atoms with Crippen LogP contribution in [-0.4, -0.2) is 13.1 Å². The van der Waals surface area contributed by atoms with Crippen LogP contribution in [0.15, 0.2) is 0 Å². The van der Waals surface area contributed by atoms with Crippen LogP contribution in [-0.2, 0) is 0 Å². The lowest BCUT2D eigenvalue weighted by Gasteiger charge is -2.21. The van der Waals surface area contributed by atoms with Gasteiger partial charge in [-0.2, -0.15) is 0 Å². The Morgan fingerprint density at radius 3 is 2.62 bits per heavy atom. The molecule has 0 amide bonds. The van der Waals surface area contributed by atoms with E-state index in [1.165, 1.54) is 51.6 Å². The Morgan fingerprint density at radius 1 is 1.23 bits per heavy atom. The highest BCUT2D eigenvalue weighted by Gasteiger charge is 2.25. The summed E-state index contributed by atoms with van der Waals surface area (Å²) in [5, 5.41) is 3.47. The summed E-state index contributed by atoms with van der Waals surface area (Å²) in [7, 11) is 0. The average molecular weight is 181 g/mol. The summed E-state index contributed by atoms with van der Waals surface area (Å²) in [6, 6.07) is 0. The average Bonchev–Trinajstić information content (AvgIpc) is 2.74. The van der Waals surface area contributed by atoms with Crippen molar-refractivity contribution in [1.82, 2.24) is 5.32 Å². The van der Waals surface area contributed by atoms with Gasteiger partial charge in [-0.15, -0.1) is 0 Å². The van der Waals surface area contributed by atoms with Crippen LogP contribution >= 0.6 is 0 Å². The fourth-order valence-corrected chi connectivity index (χ4v) is 3.16. The van der Waals surface area contributed by atoms with Crippen LogP contribution in [0.2, 0.25) is 0 Å². The Hall–Kier alpha value is -0.0400. The van der Waals surface area contributed by atoms with E-state index in [0.717, 1.165) is 17.8 Å². The molecule has 0 spiro atoms. The van der Waals surface area contributed by atoms with Gasteiger partial charge in [0.25, 0.3) is 0 Å². The second kappa shape index (κ2) is 4.45. The maximum atomic E-state index is 3.47. The summed E-state index contributed by atoms with van der Waals surface area (Å²) >= 11 is 0. The minimum atomic E-state index is 0.993. The molecule has 0 radical (unpaired) electrons. The Morgan fingerprint density at radius 2 is 2.00 bits per heavy atom. The molecule has 1 heterocycles. The first-order chi connectivity index (χ1) is 6.36. The van der Waals surface area contributed by atoms with Gasteiger partial charge in [0.1, 0.15) is 0 Å². The van der Waals surface area contributed by atoms with E-state index < -0.39 is 0 Å². The van der Waals surface area contributed by atoms with Gasteiger partial charge in [0, 0.05) is 0 Å². The first-order valence-corrected chi connectivity index (χ1v) is 6.07. The zero-order valence-corrected chi connectivity index (χ0v) is 8.89. The zero-order chi connectivity index (χ0) is 9.10. The Bertz CT molecular complexity index is 143. The molecule has 0 aromatic carbocycles. The van der Waals surface area contributed by atoms with Crippen molar-refractivity contribution in [3.8, 4) is 0 Å². The first-order valence-electron chi connectivity index (χ1n) is 6.07.